The number of non-ortho nitro benzene ring substituents is 1. The lowest BCUT2D eigenvalue weighted by molar-refractivity contribution is -0.384. The lowest BCUT2D eigenvalue weighted by Gasteiger charge is -2.11. The highest BCUT2D eigenvalue weighted by atomic mass is 19.4. The number of fused-ring (bicyclic) bond motifs is 3. The molecule has 0 radical (unpaired) electrons. The van der Waals surface area contributed by atoms with Crippen molar-refractivity contribution < 1.29 is 22.6 Å². The normalized spacial score (nSPS) is 12.0. The van der Waals surface area contributed by atoms with Gasteiger partial charge in [0.2, 0.25) is 5.82 Å². The molecular formula is C21H12F3N5O4. The Morgan fingerprint density at radius 2 is 1.76 bits per heavy atom. The van der Waals surface area contributed by atoms with Crippen molar-refractivity contribution in [3.8, 4) is 17.1 Å². The molecule has 3 aromatic heterocycles. The highest BCUT2D eigenvalue weighted by Crippen LogP contribution is 2.33. The van der Waals surface area contributed by atoms with Crippen molar-refractivity contribution in [2.75, 3.05) is 0 Å². The third kappa shape index (κ3) is 3.14. The fourth-order valence-corrected chi connectivity index (χ4v) is 3.79. The Hall–Kier alpha value is -4.48. The second-order valence-electron chi connectivity index (χ2n) is 7.20. The molecule has 0 N–H and O–H groups in total. The number of nitro groups is 1. The zero-order chi connectivity index (χ0) is 23.5. The molecule has 0 amide bonds. The number of nitro benzene ring substituents is 1. The van der Waals surface area contributed by atoms with Crippen LogP contribution in [0.15, 0.2) is 63.9 Å². The highest BCUT2D eigenvalue weighted by Gasteiger charge is 2.39. The van der Waals surface area contributed by atoms with Crippen molar-refractivity contribution in [3.05, 3.63) is 81.0 Å². The summed E-state index contributed by atoms with van der Waals surface area (Å²) in [6.45, 7) is 0. The van der Waals surface area contributed by atoms with E-state index in [4.69, 9.17) is 0 Å². The summed E-state index contributed by atoms with van der Waals surface area (Å²) in [5.74, 6) is -2.09. The van der Waals surface area contributed by atoms with Crippen molar-refractivity contribution in [1.29, 1.82) is 0 Å². The second kappa shape index (κ2) is 7.02. The fraction of sp³-hybridized carbons (Fsp3) is 0.0952. The maximum absolute atomic E-state index is 13.5. The molecule has 0 bridgehead atoms. The Balaban J connectivity index is 1.88. The monoisotopic (exact) mass is 455 g/mol. The van der Waals surface area contributed by atoms with E-state index in [1.807, 2.05) is 12.1 Å². The van der Waals surface area contributed by atoms with E-state index in [2.05, 4.69) is 14.7 Å². The summed E-state index contributed by atoms with van der Waals surface area (Å²) in [5, 5.41) is 15.1. The van der Waals surface area contributed by atoms with Crippen molar-refractivity contribution >= 4 is 27.6 Å². The first-order valence-corrected chi connectivity index (χ1v) is 9.46. The SMILES string of the molecule is Cn1c2ccccc2c2c1cc(-c1noc(C(F)(F)F)n1)c(=O)n2-c1ccc([N+](=O)[O-])cc1. The van der Waals surface area contributed by atoms with Crippen LogP contribution in [0.5, 0.6) is 0 Å². The van der Waals surface area contributed by atoms with E-state index in [0.717, 1.165) is 5.52 Å². The van der Waals surface area contributed by atoms with Crippen LogP contribution in [0.3, 0.4) is 0 Å². The summed E-state index contributed by atoms with van der Waals surface area (Å²) in [6.07, 6.45) is -4.87. The molecular weight excluding hydrogens is 443 g/mol. The van der Waals surface area contributed by atoms with Gasteiger partial charge in [-0.2, -0.15) is 18.2 Å². The number of benzene rings is 2. The van der Waals surface area contributed by atoms with Crippen LogP contribution >= 0.6 is 0 Å². The van der Waals surface area contributed by atoms with Gasteiger partial charge in [0, 0.05) is 30.3 Å². The van der Waals surface area contributed by atoms with Crippen LogP contribution in [-0.2, 0) is 13.2 Å². The number of hydrogen-bond acceptors (Lipinski definition) is 6. The van der Waals surface area contributed by atoms with Gasteiger partial charge in [0.1, 0.15) is 0 Å². The minimum Gasteiger partial charge on any atom is -0.342 e. The largest absolute Gasteiger partial charge is 0.471 e. The van der Waals surface area contributed by atoms with E-state index in [0.29, 0.717) is 16.4 Å². The van der Waals surface area contributed by atoms with Gasteiger partial charge in [-0.05, 0) is 24.3 Å². The van der Waals surface area contributed by atoms with Crippen LogP contribution in [0.2, 0.25) is 0 Å². The van der Waals surface area contributed by atoms with Gasteiger partial charge in [0.15, 0.2) is 0 Å². The van der Waals surface area contributed by atoms with Gasteiger partial charge in [-0.3, -0.25) is 19.5 Å². The number of rotatable bonds is 3. The van der Waals surface area contributed by atoms with Gasteiger partial charge in [0.25, 0.3) is 11.2 Å². The van der Waals surface area contributed by atoms with Crippen LogP contribution < -0.4 is 5.56 Å². The number of para-hydroxylation sites is 1. The van der Waals surface area contributed by atoms with Gasteiger partial charge < -0.3 is 9.09 Å². The van der Waals surface area contributed by atoms with Gasteiger partial charge in [0.05, 0.1) is 27.0 Å². The molecule has 0 aliphatic rings. The summed E-state index contributed by atoms with van der Waals surface area (Å²) in [5.41, 5.74) is 0.952. The first kappa shape index (κ1) is 20.4. The molecule has 5 rings (SSSR count). The molecule has 0 aliphatic heterocycles. The number of halogens is 3. The third-order valence-electron chi connectivity index (χ3n) is 5.29. The van der Waals surface area contributed by atoms with Crippen molar-refractivity contribution in [2.45, 2.75) is 6.18 Å². The third-order valence-corrected chi connectivity index (χ3v) is 5.29. The molecule has 166 valence electrons. The Morgan fingerprint density at radius 1 is 1.06 bits per heavy atom. The van der Waals surface area contributed by atoms with Gasteiger partial charge >= 0.3 is 12.1 Å². The predicted molar refractivity (Wildman–Crippen MR) is 111 cm³/mol. The van der Waals surface area contributed by atoms with Crippen LogP contribution in [0.4, 0.5) is 18.9 Å². The molecule has 2 aromatic carbocycles. The van der Waals surface area contributed by atoms with Crippen LogP contribution in [0.25, 0.3) is 39.0 Å². The van der Waals surface area contributed by atoms with Gasteiger partial charge in [-0.15, -0.1) is 0 Å². The summed E-state index contributed by atoms with van der Waals surface area (Å²) < 4.78 is 46.3. The van der Waals surface area contributed by atoms with E-state index >= 15 is 0 Å². The highest BCUT2D eigenvalue weighted by molar-refractivity contribution is 6.07. The summed E-state index contributed by atoms with van der Waals surface area (Å²) in [6, 6.07) is 13.9. The van der Waals surface area contributed by atoms with Crippen molar-refractivity contribution in [3.63, 3.8) is 0 Å². The maximum Gasteiger partial charge on any atom is 0.471 e. The fourth-order valence-electron chi connectivity index (χ4n) is 3.79. The average molecular weight is 455 g/mol. The first-order valence-electron chi connectivity index (χ1n) is 9.46. The van der Waals surface area contributed by atoms with E-state index in [1.54, 1.807) is 23.7 Å². The number of pyridine rings is 1. The summed E-state index contributed by atoms with van der Waals surface area (Å²) >= 11 is 0. The van der Waals surface area contributed by atoms with Gasteiger partial charge in [-0.1, -0.05) is 23.4 Å². The van der Waals surface area contributed by atoms with Crippen molar-refractivity contribution in [1.82, 2.24) is 19.3 Å². The van der Waals surface area contributed by atoms with Crippen LogP contribution in [0.1, 0.15) is 5.89 Å². The quantitative estimate of drug-likeness (QED) is 0.294. The molecule has 0 aliphatic carbocycles. The minimum atomic E-state index is -4.87. The van der Waals surface area contributed by atoms with E-state index in [-0.39, 0.29) is 16.9 Å². The van der Waals surface area contributed by atoms with E-state index < -0.39 is 28.4 Å². The molecule has 0 saturated heterocycles. The first-order chi connectivity index (χ1) is 15.7. The van der Waals surface area contributed by atoms with Gasteiger partial charge in [-0.25, -0.2) is 0 Å². The number of hydrogen-bond donors (Lipinski definition) is 0. The molecule has 33 heavy (non-hydrogen) atoms. The summed E-state index contributed by atoms with van der Waals surface area (Å²) in [7, 11) is 1.75. The Kier molecular flexibility index (Phi) is 4.34. The second-order valence-corrected chi connectivity index (χ2v) is 7.20. The lowest BCUT2D eigenvalue weighted by Crippen LogP contribution is -2.21. The minimum absolute atomic E-state index is 0.176. The molecule has 3 heterocycles. The number of nitrogens with zero attached hydrogens (tertiary/aromatic N) is 5. The van der Waals surface area contributed by atoms with Crippen LogP contribution in [0, 0.1) is 10.1 Å². The van der Waals surface area contributed by atoms with E-state index in [9.17, 15) is 28.1 Å². The number of alkyl halides is 3. The van der Waals surface area contributed by atoms with Crippen LogP contribution in [-0.4, -0.2) is 24.2 Å². The van der Waals surface area contributed by atoms with Crippen molar-refractivity contribution in [2.24, 2.45) is 7.05 Å². The molecule has 0 spiro atoms. The molecule has 0 fully saturated rings. The summed E-state index contributed by atoms with van der Waals surface area (Å²) in [4.78, 5) is 27.4. The molecule has 5 aromatic rings. The smallest absolute Gasteiger partial charge is 0.342 e. The molecule has 9 nitrogen and oxygen atoms in total. The number of aryl methyl sites for hydroxylation is 1. The Morgan fingerprint density at radius 3 is 2.39 bits per heavy atom. The predicted octanol–water partition coefficient (Wildman–Crippen LogP) is 4.46. The average Bonchev–Trinajstić information content (AvgIpc) is 3.38. The Bertz CT molecular complexity index is 1610. The molecule has 0 saturated carbocycles. The number of aromatic nitrogens is 4. The molecule has 12 heteroatoms. The Labute approximate surface area is 181 Å². The zero-order valence-corrected chi connectivity index (χ0v) is 16.7. The molecule has 0 unspecified atom stereocenters. The van der Waals surface area contributed by atoms with E-state index in [1.165, 1.54) is 34.9 Å². The zero-order valence-electron chi connectivity index (χ0n) is 16.7. The topological polar surface area (TPSA) is 109 Å². The maximum atomic E-state index is 13.5. The molecule has 0 atom stereocenters. The standard InChI is InChI=1S/C21H12F3N5O4/c1-27-15-5-3-2-4-13(15)17-16(27)10-14(18-25-20(33-26-18)21(22,23)24)19(30)28(17)11-6-8-12(9-7-11)29(31)32/h2-10H,1H3. The lowest BCUT2D eigenvalue weighted by atomic mass is 10.1.